The molecule has 27 heavy (non-hydrogen) atoms. The van der Waals surface area contributed by atoms with Crippen molar-refractivity contribution in [1.82, 2.24) is 20.6 Å². The molecule has 0 radical (unpaired) electrons. The van der Waals surface area contributed by atoms with E-state index in [0.29, 0.717) is 11.0 Å². The monoisotopic (exact) mass is 370 g/mol. The summed E-state index contributed by atoms with van der Waals surface area (Å²) in [6.45, 7) is 3.19. The van der Waals surface area contributed by atoms with Gasteiger partial charge in [0.1, 0.15) is 6.61 Å². The van der Waals surface area contributed by atoms with Crippen LogP contribution in [0.1, 0.15) is 24.3 Å². The molecular weight excluding hydrogens is 352 g/mol. The third kappa shape index (κ3) is 4.02. The fraction of sp³-hybridized carbons (Fsp3) is 0.278. The van der Waals surface area contributed by atoms with Crippen molar-refractivity contribution in [2.24, 2.45) is 0 Å². The lowest BCUT2D eigenvalue weighted by atomic mass is 10.0. The third-order valence-corrected chi connectivity index (χ3v) is 3.87. The van der Waals surface area contributed by atoms with Crippen LogP contribution >= 0.6 is 0 Å². The largest absolute Gasteiger partial charge is 0.463 e. The van der Waals surface area contributed by atoms with Gasteiger partial charge in [-0.1, -0.05) is 12.1 Å². The minimum Gasteiger partial charge on any atom is -0.463 e. The van der Waals surface area contributed by atoms with E-state index in [1.165, 1.54) is 6.20 Å². The number of urea groups is 1. The van der Waals surface area contributed by atoms with E-state index in [1.54, 1.807) is 32.0 Å². The highest BCUT2D eigenvalue weighted by atomic mass is 16.5. The highest BCUT2D eigenvalue weighted by molar-refractivity contribution is 5.95. The van der Waals surface area contributed by atoms with E-state index in [1.807, 2.05) is 6.07 Å². The number of amides is 2. The summed E-state index contributed by atoms with van der Waals surface area (Å²) in [7, 11) is 0. The molecule has 9 heteroatoms. The molecule has 1 aromatic heterocycles. The molecular formula is C18H18N4O5. The molecule has 0 saturated heterocycles. The van der Waals surface area contributed by atoms with Crippen LogP contribution in [0.25, 0.3) is 11.0 Å². The molecule has 1 atom stereocenters. The van der Waals surface area contributed by atoms with Gasteiger partial charge in [-0.05, 0) is 26.0 Å². The molecule has 2 N–H and O–H groups in total. The van der Waals surface area contributed by atoms with Gasteiger partial charge >= 0.3 is 18.0 Å². The predicted octanol–water partition coefficient (Wildman–Crippen LogP) is 1.31. The standard InChI is InChI=1S/C18H18N4O5/c1-3-26-17(24)15-10(2)20-18(25)22-14(15)9-27-16(23)13-8-19-11-6-4-5-7-12(11)21-13/h4-8,10H,3,9H2,1-2H3,(H2,20,22,25)/t10-/m0/s1. The van der Waals surface area contributed by atoms with Crippen LogP contribution in [0.5, 0.6) is 0 Å². The Bertz CT molecular complexity index is 940. The first-order chi connectivity index (χ1) is 13.0. The minimum atomic E-state index is -0.718. The summed E-state index contributed by atoms with van der Waals surface area (Å²) in [6.07, 6.45) is 1.31. The first-order valence-electron chi connectivity index (χ1n) is 8.36. The zero-order valence-electron chi connectivity index (χ0n) is 14.8. The number of nitrogens with zero attached hydrogens (tertiary/aromatic N) is 2. The maximum Gasteiger partial charge on any atom is 0.358 e. The Kier molecular flexibility index (Phi) is 5.30. The van der Waals surface area contributed by atoms with E-state index in [-0.39, 0.29) is 30.2 Å². The minimum absolute atomic E-state index is 0.0281. The fourth-order valence-corrected chi connectivity index (χ4v) is 2.66. The van der Waals surface area contributed by atoms with E-state index in [4.69, 9.17) is 9.47 Å². The van der Waals surface area contributed by atoms with Gasteiger partial charge < -0.3 is 20.1 Å². The molecule has 0 spiro atoms. The summed E-state index contributed by atoms with van der Waals surface area (Å²) in [5.41, 5.74) is 1.61. The number of hydrogen-bond donors (Lipinski definition) is 2. The van der Waals surface area contributed by atoms with Crippen molar-refractivity contribution in [3.63, 3.8) is 0 Å². The Morgan fingerprint density at radius 3 is 2.63 bits per heavy atom. The normalized spacial score (nSPS) is 16.5. The third-order valence-electron chi connectivity index (χ3n) is 3.87. The zero-order chi connectivity index (χ0) is 19.4. The number of fused-ring (bicyclic) bond motifs is 1. The van der Waals surface area contributed by atoms with Crippen LogP contribution in [0, 0.1) is 0 Å². The van der Waals surface area contributed by atoms with Crippen molar-refractivity contribution in [3.05, 3.63) is 47.4 Å². The van der Waals surface area contributed by atoms with Gasteiger partial charge in [0, 0.05) is 0 Å². The van der Waals surface area contributed by atoms with Crippen molar-refractivity contribution >= 4 is 29.0 Å². The summed E-state index contributed by atoms with van der Waals surface area (Å²) in [4.78, 5) is 44.5. The molecule has 9 nitrogen and oxygen atoms in total. The van der Waals surface area contributed by atoms with Gasteiger partial charge in [-0.25, -0.2) is 19.4 Å². The topological polar surface area (TPSA) is 120 Å². The molecule has 140 valence electrons. The summed E-state index contributed by atoms with van der Waals surface area (Å²) < 4.78 is 10.2. The number of hydrogen-bond acceptors (Lipinski definition) is 7. The number of nitrogens with one attached hydrogen (secondary N) is 2. The lowest BCUT2D eigenvalue weighted by molar-refractivity contribution is -0.139. The number of aromatic nitrogens is 2. The first-order valence-corrected chi connectivity index (χ1v) is 8.36. The molecule has 1 aliphatic heterocycles. The van der Waals surface area contributed by atoms with Crippen LogP contribution in [0.3, 0.4) is 0 Å². The Morgan fingerprint density at radius 2 is 1.89 bits per heavy atom. The van der Waals surface area contributed by atoms with E-state index < -0.39 is 24.0 Å². The molecule has 2 aromatic rings. The van der Waals surface area contributed by atoms with Crippen molar-refractivity contribution in [3.8, 4) is 0 Å². The van der Waals surface area contributed by atoms with Gasteiger partial charge in [0.15, 0.2) is 5.69 Å². The number of carbonyl (C=O) groups excluding carboxylic acids is 3. The number of carbonyl (C=O) groups is 3. The van der Waals surface area contributed by atoms with Gasteiger partial charge in [-0.2, -0.15) is 0 Å². The molecule has 1 aliphatic rings. The Hall–Kier alpha value is -3.49. The second kappa shape index (κ2) is 7.81. The lowest BCUT2D eigenvalue weighted by Gasteiger charge is -2.26. The Balaban J connectivity index is 1.79. The SMILES string of the molecule is CCOC(=O)C1=C(COC(=O)c2cnc3ccccc3n2)NC(=O)N[C@H]1C. The molecule has 3 rings (SSSR count). The van der Waals surface area contributed by atoms with Crippen molar-refractivity contribution < 1.29 is 23.9 Å². The van der Waals surface area contributed by atoms with Gasteiger partial charge in [-0.3, -0.25) is 4.98 Å². The molecule has 0 fully saturated rings. The van der Waals surface area contributed by atoms with Gasteiger partial charge in [-0.15, -0.1) is 0 Å². The highest BCUT2D eigenvalue weighted by Gasteiger charge is 2.30. The quantitative estimate of drug-likeness (QED) is 0.761. The van der Waals surface area contributed by atoms with Crippen molar-refractivity contribution in [1.29, 1.82) is 0 Å². The van der Waals surface area contributed by atoms with Crippen LogP contribution in [0.4, 0.5) is 4.79 Å². The Morgan fingerprint density at radius 1 is 1.15 bits per heavy atom. The molecule has 1 aromatic carbocycles. The van der Waals surface area contributed by atoms with E-state index >= 15 is 0 Å². The summed E-state index contributed by atoms with van der Waals surface area (Å²) in [6, 6.07) is 6.04. The lowest BCUT2D eigenvalue weighted by Crippen LogP contribution is -2.50. The first kappa shape index (κ1) is 18.3. The predicted molar refractivity (Wildman–Crippen MR) is 94.6 cm³/mol. The molecule has 0 saturated carbocycles. The summed E-state index contributed by atoms with van der Waals surface area (Å²) in [5, 5.41) is 5.05. The highest BCUT2D eigenvalue weighted by Crippen LogP contribution is 2.15. The smallest absolute Gasteiger partial charge is 0.358 e. The van der Waals surface area contributed by atoms with Gasteiger partial charge in [0.25, 0.3) is 0 Å². The van der Waals surface area contributed by atoms with Crippen LogP contribution in [0.2, 0.25) is 0 Å². The number of rotatable bonds is 5. The van der Waals surface area contributed by atoms with E-state index in [2.05, 4.69) is 20.6 Å². The van der Waals surface area contributed by atoms with E-state index in [9.17, 15) is 14.4 Å². The maximum absolute atomic E-state index is 12.3. The van der Waals surface area contributed by atoms with Crippen molar-refractivity contribution in [2.45, 2.75) is 19.9 Å². The summed E-state index contributed by atoms with van der Waals surface area (Å²) in [5.74, 6) is -1.31. The Labute approximate surface area is 154 Å². The van der Waals surface area contributed by atoms with Gasteiger partial charge in [0.2, 0.25) is 0 Å². The summed E-state index contributed by atoms with van der Waals surface area (Å²) >= 11 is 0. The number of para-hydroxylation sites is 2. The molecule has 2 heterocycles. The molecule has 0 bridgehead atoms. The number of ether oxygens (including phenoxy) is 2. The van der Waals surface area contributed by atoms with E-state index in [0.717, 1.165) is 0 Å². The second-order valence-electron chi connectivity index (χ2n) is 5.75. The molecule has 2 amide bonds. The van der Waals surface area contributed by atoms with Crippen LogP contribution in [-0.2, 0) is 14.3 Å². The molecule has 0 aliphatic carbocycles. The van der Waals surface area contributed by atoms with Crippen molar-refractivity contribution in [2.75, 3.05) is 13.2 Å². The average molecular weight is 370 g/mol. The number of benzene rings is 1. The number of esters is 2. The average Bonchev–Trinajstić information content (AvgIpc) is 2.65. The second-order valence-corrected chi connectivity index (χ2v) is 5.75. The fourth-order valence-electron chi connectivity index (χ4n) is 2.66. The zero-order valence-corrected chi connectivity index (χ0v) is 14.8. The van der Waals surface area contributed by atoms with Gasteiger partial charge in [0.05, 0.1) is 41.1 Å². The molecule has 0 unspecified atom stereocenters. The van der Waals surface area contributed by atoms with Crippen LogP contribution in [0.15, 0.2) is 41.7 Å². The van der Waals surface area contributed by atoms with Crippen LogP contribution in [-0.4, -0.2) is 47.2 Å². The maximum atomic E-state index is 12.3. The van der Waals surface area contributed by atoms with Crippen LogP contribution < -0.4 is 10.6 Å².